The fourth-order valence-electron chi connectivity index (χ4n) is 4.46. The van der Waals surface area contributed by atoms with Crippen molar-refractivity contribution >= 4 is 58.1 Å². The molecule has 0 fully saturated rings. The highest BCUT2D eigenvalue weighted by Crippen LogP contribution is 2.19. The first-order chi connectivity index (χ1) is 21.2. The summed E-state index contributed by atoms with van der Waals surface area (Å²) >= 11 is 0. The molecule has 0 saturated carbocycles. The molecule has 0 radical (unpaired) electrons. The Bertz CT molecular complexity index is 1890. The number of nitrogens with one attached hydrogen (secondary N) is 3. The number of aliphatic imine (C=N–C) groups is 1. The van der Waals surface area contributed by atoms with E-state index in [4.69, 9.17) is 10.4 Å². The van der Waals surface area contributed by atoms with Crippen molar-refractivity contribution in [2.24, 2.45) is 24.8 Å². The van der Waals surface area contributed by atoms with E-state index in [1.165, 1.54) is 0 Å². The molecule has 3 heterocycles. The van der Waals surface area contributed by atoms with Crippen LogP contribution in [0.4, 0.5) is 11.4 Å². The highest BCUT2D eigenvalue weighted by atomic mass is 16.6. The summed E-state index contributed by atoms with van der Waals surface area (Å²) in [4.78, 5) is 42.3. The lowest BCUT2D eigenvalue weighted by atomic mass is 10.1. The number of nitrogens with two attached hydrogens (primary N) is 1. The van der Waals surface area contributed by atoms with Crippen LogP contribution in [0.1, 0.15) is 48.9 Å². The summed E-state index contributed by atoms with van der Waals surface area (Å²) in [6, 6.07) is 15.9. The topological polar surface area (TPSA) is 174 Å². The normalized spacial score (nSPS) is 11.7. The highest BCUT2D eigenvalue weighted by Gasteiger charge is 2.17. The van der Waals surface area contributed by atoms with Crippen molar-refractivity contribution in [2.75, 3.05) is 24.2 Å². The van der Waals surface area contributed by atoms with E-state index in [-0.39, 0.29) is 11.8 Å². The van der Waals surface area contributed by atoms with Gasteiger partial charge in [-0.3, -0.25) is 19.4 Å². The second kappa shape index (κ2) is 12.9. The predicted molar refractivity (Wildman–Crippen MR) is 168 cm³/mol. The van der Waals surface area contributed by atoms with Crippen molar-refractivity contribution in [3.8, 4) is 0 Å². The minimum Gasteiger partial charge on any atom is -0.387 e. The molecule has 0 saturated heterocycles. The smallest absolute Gasteiger partial charge is 0.272 e. The summed E-state index contributed by atoms with van der Waals surface area (Å²) in [5.41, 5.74) is 11.0. The van der Waals surface area contributed by atoms with Gasteiger partial charge >= 0.3 is 0 Å². The van der Waals surface area contributed by atoms with Crippen molar-refractivity contribution in [2.45, 2.75) is 6.42 Å². The van der Waals surface area contributed by atoms with Gasteiger partial charge < -0.3 is 30.8 Å². The van der Waals surface area contributed by atoms with Gasteiger partial charge in [-0.2, -0.15) is 0 Å². The number of amides is 3. The Kier molecular flexibility index (Phi) is 8.65. The third kappa shape index (κ3) is 6.90. The summed E-state index contributed by atoms with van der Waals surface area (Å²) in [5.74, 6) is -0.560. The van der Waals surface area contributed by atoms with Gasteiger partial charge in [-0.05, 0) is 57.8 Å². The van der Waals surface area contributed by atoms with Crippen molar-refractivity contribution in [3.63, 3.8) is 0 Å². The Hall–Kier alpha value is -5.98. The molecule has 5 rings (SSSR count). The van der Waals surface area contributed by atoms with Crippen LogP contribution >= 0.6 is 0 Å². The van der Waals surface area contributed by atoms with Gasteiger partial charge in [-0.1, -0.05) is 30.4 Å². The average molecular weight is 594 g/mol. The zero-order valence-electron chi connectivity index (χ0n) is 24.4. The lowest BCUT2D eigenvalue weighted by Crippen LogP contribution is -2.29. The molecule has 224 valence electrons. The molecule has 0 bridgehead atoms. The average Bonchev–Trinajstić information content (AvgIpc) is 3.73. The van der Waals surface area contributed by atoms with Crippen LogP contribution in [-0.4, -0.2) is 56.6 Å². The molecule has 13 nitrogen and oxygen atoms in total. The standard InChI is InChI=1S/C31H31N9O4/c1-33-28(32)12-13-34-30(42)26-15-23(18-39(26)2)36-31(43)27-16-22(17-40(27)3)35-29(41)21-9-6-19(7-10-21)4-5-20-8-11-24-25(14-20)38-44-37-24/h4-11,14-18H,12-13H2,1-3H3,(H2,32,33)(H,34,42)(H,35,41)(H,36,43). The highest BCUT2D eigenvalue weighted by molar-refractivity contribution is 6.07. The summed E-state index contributed by atoms with van der Waals surface area (Å²) in [5, 5.41) is 16.1. The van der Waals surface area contributed by atoms with Crippen molar-refractivity contribution < 1.29 is 19.0 Å². The van der Waals surface area contributed by atoms with Gasteiger partial charge in [-0.25, -0.2) is 4.63 Å². The van der Waals surface area contributed by atoms with Gasteiger partial charge in [0.25, 0.3) is 17.7 Å². The molecule has 0 aliphatic heterocycles. The maximum absolute atomic E-state index is 13.0. The van der Waals surface area contributed by atoms with Crippen molar-refractivity contribution in [3.05, 3.63) is 95.1 Å². The number of nitrogens with zero attached hydrogens (tertiary/aromatic N) is 5. The van der Waals surface area contributed by atoms with Crippen LogP contribution in [0.2, 0.25) is 0 Å². The van der Waals surface area contributed by atoms with Crippen LogP contribution in [0.15, 0.2) is 76.6 Å². The first-order valence-corrected chi connectivity index (χ1v) is 13.7. The second-order valence-corrected chi connectivity index (χ2v) is 10.0. The van der Waals surface area contributed by atoms with Gasteiger partial charge in [0.15, 0.2) is 0 Å². The number of aromatic nitrogens is 4. The molecule has 3 amide bonds. The maximum atomic E-state index is 13.0. The molecule has 0 unspecified atom stereocenters. The molecule has 0 atom stereocenters. The van der Waals surface area contributed by atoms with E-state index in [0.717, 1.165) is 11.1 Å². The molecule has 0 spiro atoms. The minimum absolute atomic E-state index is 0.299. The van der Waals surface area contributed by atoms with Crippen LogP contribution in [0.5, 0.6) is 0 Å². The molecular weight excluding hydrogens is 562 g/mol. The molecule has 0 aliphatic carbocycles. The van der Waals surface area contributed by atoms with Crippen LogP contribution in [-0.2, 0) is 14.1 Å². The molecular formula is C31H31N9O4. The van der Waals surface area contributed by atoms with E-state index in [2.05, 4.69) is 31.3 Å². The number of amidine groups is 1. The Balaban J connectivity index is 1.17. The molecule has 2 aromatic carbocycles. The van der Waals surface area contributed by atoms with E-state index in [0.29, 0.717) is 58.2 Å². The Morgan fingerprint density at radius 3 is 2.09 bits per heavy atom. The monoisotopic (exact) mass is 593 g/mol. The number of carbonyl (C=O) groups excluding carboxylic acids is 3. The predicted octanol–water partition coefficient (Wildman–Crippen LogP) is 3.68. The fraction of sp³-hybridized carbons (Fsp3) is 0.161. The van der Waals surface area contributed by atoms with E-state index in [9.17, 15) is 14.4 Å². The zero-order chi connectivity index (χ0) is 31.2. The second-order valence-electron chi connectivity index (χ2n) is 10.0. The summed E-state index contributed by atoms with van der Waals surface area (Å²) < 4.78 is 7.97. The number of rotatable bonds is 10. The molecule has 0 aliphatic rings. The third-order valence-electron chi connectivity index (χ3n) is 6.86. The minimum atomic E-state index is -0.396. The van der Waals surface area contributed by atoms with Crippen molar-refractivity contribution in [1.29, 1.82) is 0 Å². The molecule has 3 aromatic heterocycles. The van der Waals surface area contributed by atoms with Crippen LogP contribution < -0.4 is 21.7 Å². The number of fused-ring (bicyclic) bond motifs is 1. The molecule has 5 N–H and O–H groups in total. The quantitative estimate of drug-likeness (QED) is 0.109. The van der Waals surface area contributed by atoms with Gasteiger partial charge in [0.05, 0.1) is 17.2 Å². The lowest BCUT2D eigenvalue weighted by Gasteiger charge is -2.05. The number of carbonyl (C=O) groups is 3. The van der Waals surface area contributed by atoms with E-state index in [1.807, 2.05) is 42.5 Å². The zero-order valence-corrected chi connectivity index (χ0v) is 24.4. The summed E-state index contributed by atoms with van der Waals surface area (Å²) in [7, 11) is 5.01. The van der Waals surface area contributed by atoms with E-state index >= 15 is 0 Å². The number of hydrogen-bond donors (Lipinski definition) is 4. The lowest BCUT2D eigenvalue weighted by molar-refractivity contribution is 0.0945. The Labute approximate surface area is 252 Å². The van der Waals surface area contributed by atoms with E-state index in [1.54, 1.807) is 66.9 Å². The van der Waals surface area contributed by atoms with Crippen LogP contribution in [0, 0.1) is 0 Å². The van der Waals surface area contributed by atoms with Crippen LogP contribution in [0.3, 0.4) is 0 Å². The Morgan fingerprint density at radius 1 is 0.818 bits per heavy atom. The van der Waals surface area contributed by atoms with Gasteiger partial charge in [-0.15, -0.1) is 0 Å². The SMILES string of the molecule is CN=C(N)CCNC(=O)c1cc(NC(=O)c2cc(NC(=O)c3ccc(C=Cc4ccc5nonc5c4)cc3)cn2C)cn1C. The van der Waals surface area contributed by atoms with Crippen LogP contribution in [0.25, 0.3) is 23.2 Å². The largest absolute Gasteiger partial charge is 0.387 e. The van der Waals surface area contributed by atoms with Gasteiger partial charge in [0.1, 0.15) is 22.4 Å². The fourth-order valence-corrected chi connectivity index (χ4v) is 4.46. The van der Waals surface area contributed by atoms with E-state index < -0.39 is 5.91 Å². The molecule has 13 heteroatoms. The molecule has 5 aromatic rings. The number of hydrogen-bond acceptors (Lipinski definition) is 7. The maximum Gasteiger partial charge on any atom is 0.272 e. The summed E-state index contributed by atoms with van der Waals surface area (Å²) in [6.07, 6.45) is 7.60. The summed E-state index contributed by atoms with van der Waals surface area (Å²) in [6.45, 7) is 0.342. The first-order valence-electron chi connectivity index (χ1n) is 13.7. The molecule has 44 heavy (non-hydrogen) atoms. The van der Waals surface area contributed by atoms with Gasteiger partial charge in [0, 0.05) is 52.1 Å². The van der Waals surface area contributed by atoms with Crippen molar-refractivity contribution in [1.82, 2.24) is 24.8 Å². The number of anilines is 2. The van der Waals surface area contributed by atoms with Gasteiger partial charge in [0.2, 0.25) is 0 Å². The first kappa shape index (κ1) is 29.5. The number of benzene rings is 2. The Morgan fingerprint density at radius 2 is 1.41 bits per heavy atom. The number of aryl methyl sites for hydroxylation is 2. The third-order valence-corrected chi connectivity index (χ3v) is 6.86.